The van der Waals surface area contributed by atoms with Gasteiger partial charge in [0.25, 0.3) is 0 Å². The van der Waals surface area contributed by atoms with Gasteiger partial charge in [0.15, 0.2) is 25.2 Å². The minimum absolute atomic E-state index is 0.0285. The first-order valence-electron chi connectivity index (χ1n) is 29.4. The average Bonchev–Trinajstić information content (AvgIpc) is 3.71. The van der Waals surface area contributed by atoms with Crippen molar-refractivity contribution in [2.24, 2.45) is 57.2 Å². The summed E-state index contributed by atoms with van der Waals surface area (Å²) in [5, 5.41) is 162. The van der Waals surface area contributed by atoms with E-state index >= 15 is 0 Å². The number of fused-ring (bicyclic) bond motifs is 7. The summed E-state index contributed by atoms with van der Waals surface area (Å²) in [5.74, 6) is 0.350. The lowest BCUT2D eigenvalue weighted by Crippen LogP contribution is -2.68. The largest absolute Gasteiger partial charge is 0.394 e. The zero-order valence-corrected chi connectivity index (χ0v) is 47.6. The van der Waals surface area contributed by atoms with Gasteiger partial charge in [-0.25, -0.2) is 0 Å². The molecule has 0 unspecified atom stereocenters. The van der Waals surface area contributed by atoms with Crippen LogP contribution in [0.1, 0.15) is 120 Å². The highest BCUT2D eigenvalue weighted by Gasteiger charge is 2.74. The van der Waals surface area contributed by atoms with Gasteiger partial charge in [-0.15, -0.1) is 0 Å². The predicted molar refractivity (Wildman–Crippen MR) is 278 cm³/mol. The normalized spacial score (nSPS) is 53.7. The molecule has 80 heavy (non-hydrogen) atoms. The molecule has 0 aromatic rings. The molecule has 0 amide bonds. The molecule has 0 aromatic carbocycles. The van der Waals surface area contributed by atoms with Gasteiger partial charge in [0.1, 0.15) is 97.7 Å². The Hall–Kier alpha value is -1.18. The maximum absolute atomic E-state index is 12.7. The van der Waals surface area contributed by atoms with Gasteiger partial charge in [0.2, 0.25) is 0 Å². The third-order valence-electron chi connectivity index (χ3n) is 22.6. The van der Waals surface area contributed by atoms with Crippen molar-refractivity contribution in [2.45, 2.75) is 260 Å². The Balaban J connectivity index is 0.933. The van der Waals surface area contributed by atoms with Crippen molar-refractivity contribution in [1.82, 2.24) is 0 Å². The van der Waals surface area contributed by atoms with Gasteiger partial charge < -0.3 is 114 Å². The molecule has 4 saturated heterocycles. The molecule has 4 heterocycles. The second-order valence-electron chi connectivity index (χ2n) is 27.2. The Morgan fingerprint density at radius 1 is 0.550 bits per heavy atom. The maximum atomic E-state index is 12.7. The van der Waals surface area contributed by atoms with Gasteiger partial charge >= 0.3 is 0 Å². The lowest BCUT2D eigenvalue weighted by atomic mass is 9.34. The van der Waals surface area contributed by atoms with Crippen molar-refractivity contribution in [3.63, 3.8) is 0 Å². The summed E-state index contributed by atoms with van der Waals surface area (Å²) < 4.78 is 49.2. The van der Waals surface area contributed by atoms with Crippen LogP contribution in [-0.4, -0.2) is 244 Å². The van der Waals surface area contributed by atoms with E-state index in [0.717, 1.165) is 37.7 Å². The number of allylic oxidation sites excluding steroid dienone is 2. The Kier molecular flexibility index (Phi) is 18.9. The van der Waals surface area contributed by atoms with E-state index in [-0.39, 0.29) is 51.8 Å². The van der Waals surface area contributed by atoms with Crippen molar-refractivity contribution >= 4 is 0 Å². The number of aliphatic hydroxyl groups excluding tert-OH is 15. The molecule has 5 aliphatic carbocycles. The Morgan fingerprint density at radius 3 is 1.69 bits per heavy atom. The number of hydrogen-bond donors (Lipinski definition) is 15. The van der Waals surface area contributed by atoms with Gasteiger partial charge in [0.05, 0.1) is 44.2 Å². The minimum Gasteiger partial charge on any atom is -0.394 e. The summed E-state index contributed by atoms with van der Waals surface area (Å²) in [5.41, 5.74) is -1.20. The van der Waals surface area contributed by atoms with Crippen LogP contribution in [0.25, 0.3) is 0 Å². The first-order valence-corrected chi connectivity index (χ1v) is 29.4. The highest BCUT2D eigenvalue weighted by atomic mass is 16.8. The summed E-state index contributed by atoms with van der Waals surface area (Å²) in [7, 11) is 0. The van der Waals surface area contributed by atoms with Crippen molar-refractivity contribution in [3.05, 3.63) is 11.6 Å². The Bertz CT molecular complexity index is 2120. The minimum atomic E-state index is -1.81. The van der Waals surface area contributed by atoms with Crippen molar-refractivity contribution in [3.8, 4) is 0 Å². The standard InChI is InChI=1S/C57H96O23/c1-24(2)10-9-15-56(7,80-51-47(72)43(68)40(65)33(77-51)23-73-49-45(70)41(66)37(62)30(20-58)74-49)26-11-12-27-25(26)18-28-29(61)19-35-54(5)16-14-36(53(3,4)34(54)13-17-55(35,6)57(27,28)8)78-52-48(44(69)39(64)32(22-60)76-52)79-50-46(71)42(67)38(63)31(21-59)75-50/h10,25-52,58-72H,9,11-23H2,1-8H3/t25-,26+,27+,28+,29-,30-,31-,32-,33+,34-,35-,36+,37-,38-,39-,40+,41+,42+,43-,44+,45-,46-,47+,48-,49+,50-,51-,52-,54+,55-,56+,57-/m1/s1. The molecule has 5 saturated carbocycles. The second-order valence-corrected chi connectivity index (χ2v) is 27.2. The smallest absolute Gasteiger partial charge is 0.187 e. The molecule has 0 bridgehead atoms. The van der Waals surface area contributed by atoms with Gasteiger partial charge in [-0.3, -0.25) is 0 Å². The van der Waals surface area contributed by atoms with Crippen molar-refractivity contribution in [2.75, 3.05) is 26.4 Å². The van der Waals surface area contributed by atoms with Crippen LogP contribution in [0.5, 0.6) is 0 Å². The number of ether oxygens (including phenoxy) is 8. The van der Waals surface area contributed by atoms with E-state index in [1.807, 2.05) is 20.8 Å². The highest BCUT2D eigenvalue weighted by Crippen LogP contribution is 2.79. The van der Waals surface area contributed by atoms with Crippen LogP contribution >= 0.6 is 0 Å². The number of aliphatic hydroxyl groups is 15. The van der Waals surface area contributed by atoms with Crippen LogP contribution in [0, 0.1) is 57.2 Å². The number of rotatable bonds is 16. The molecule has 0 aromatic heterocycles. The van der Waals surface area contributed by atoms with Crippen LogP contribution < -0.4 is 0 Å². The summed E-state index contributed by atoms with van der Waals surface area (Å²) in [6, 6.07) is 0. The maximum Gasteiger partial charge on any atom is 0.187 e. The Morgan fingerprint density at radius 2 is 1.09 bits per heavy atom. The molecule has 0 radical (unpaired) electrons. The quantitative estimate of drug-likeness (QED) is 0.0613. The van der Waals surface area contributed by atoms with E-state index in [1.165, 1.54) is 0 Å². The molecule has 9 rings (SSSR count). The molecule has 9 fully saturated rings. The van der Waals surface area contributed by atoms with Gasteiger partial charge in [-0.1, -0.05) is 46.3 Å². The third kappa shape index (κ3) is 10.6. The zero-order valence-electron chi connectivity index (χ0n) is 47.6. The monoisotopic (exact) mass is 1150 g/mol. The summed E-state index contributed by atoms with van der Waals surface area (Å²) >= 11 is 0. The second kappa shape index (κ2) is 23.8. The fraction of sp³-hybridized carbons (Fsp3) is 0.965. The molecule has 4 aliphatic heterocycles. The van der Waals surface area contributed by atoms with Gasteiger partial charge in [-0.05, 0) is 142 Å². The average molecular weight is 1150 g/mol. The number of hydrogen-bond acceptors (Lipinski definition) is 23. The van der Waals surface area contributed by atoms with Crippen LogP contribution in [0.2, 0.25) is 0 Å². The zero-order chi connectivity index (χ0) is 58.5. The molecular formula is C57H96O23. The molecule has 0 spiro atoms. The SMILES string of the molecule is CC(C)=CCC[C@](C)(O[C@H]1O[C@@H](CO[C@H]2O[C@H](CO)[C@@H](O)[C@H](O)[C@H]2O)[C@H](O)[C@@H](O)[C@@H]1O)[C@H]1CC[C@H]2[C@@H]1C[C@H]1[C@H](O)C[C@@H]3[C@@]4(C)CC[C@H](O[C@H]5O[C@H](CO)[C@@H](O)[C@H](O)[C@H]5O[C@H]5O[C@H](CO)[C@@H](O)[C@H](O)[C@H]5O)C(C)(C)[C@H]4CC[C@@]3(C)[C@]21C. The van der Waals surface area contributed by atoms with Crippen LogP contribution in [0.15, 0.2) is 11.6 Å². The van der Waals surface area contributed by atoms with Gasteiger partial charge in [0, 0.05) is 0 Å². The first kappa shape index (κ1) is 63.3. The van der Waals surface area contributed by atoms with Gasteiger partial charge in [-0.2, -0.15) is 0 Å². The third-order valence-corrected chi connectivity index (χ3v) is 22.6. The molecule has 32 atom stereocenters. The molecule has 462 valence electrons. The van der Waals surface area contributed by atoms with E-state index in [0.29, 0.717) is 32.1 Å². The van der Waals surface area contributed by atoms with Crippen molar-refractivity contribution < 1.29 is 114 Å². The lowest BCUT2D eigenvalue weighted by Gasteiger charge is -2.71. The van der Waals surface area contributed by atoms with E-state index in [2.05, 4.69) is 40.7 Å². The summed E-state index contributed by atoms with van der Waals surface area (Å²) in [6.07, 6.45) is -23.2. The summed E-state index contributed by atoms with van der Waals surface area (Å²) in [4.78, 5) is 0. The summed E-state index contributed by atoms with van der Waals surface area (Å²) in [6.45, 7) is 15.0. The van der Waals surface area contributed by atoms with Crippen LogP contribution in [0.3, 0.4) is 0 Å². The van der Waals surface area contributed by atoms with Crippen LogP contribution in [-0.2, 0) is 37.9 Å². The molecule has 9 aliphatic rings. The predicted octanol–water partition coefficient (Wildman–Crippen LogP) is -1.57. The molecule has 15 N–H and O–H groups in total. The highest BCUT2D eigenvalue weighted by molar-refractivity contribution is 5.23. The van der Waals surface area contributed by atoms with Crippen molar-refractivity contribution in [1.29, 1.82) is 0 Å². The first-order chi connectivity index (χ1) is 37.5. The van der Waals surface area contributed by atoms with E-state index in [9.17, 15) is 76.6 Å². The topological polar surface area (TPSA) is 377 Å². The molecule has 23 nitrogen and oxygen atoms in total. The Labute approximate surface area is 468 Å². The van der Waals surface area contributed by atoms with Crippen LogP contribution in [0.4, 0.5) is 0 Å². The fourth-order valence-electron chi connectivity index (χ4n) is 18.1. The van der Waals surface area contributed by atoms with E-state index in [1.54, 1.807) is 0 Å². The van der Waals surface area contributed by atoms with E-state index in [4.69, 9.17) is 37.9 Å². The van der Waals surface area contributed by atoms with E-state index < -0.39 is 172 Å². The molecule has 23 heteroatoms. The fourth-order valence-corrected chi connectivity index (χ4v) is 18.1. The lowest BCUT2D eigenvalue weighted by molar-refractivity contribution is -0.378. The molecular weight excluding hydrogens is 1050 g/mol.